The van der Waals surface area contributed by atoms with E-state index in [2.05, 4.69) is 11.4 Å². The van der Waals surface area contributed by atoms with Crippen molar-refractivity contribution < 1.29 is 4.74 Å². The normalized spacial score (nSPS) is 24.9. The van der Waals surface area contributed by atoms with Gasteiger partial charge in [-0.2, -0.15) is 0 Å². The van der Waals surface area contributed by atoms with E-state index in [4.69, 9.17) is 16.3 Å². The van der Waals surface area contributed by atoms with Crippen LogP contribution in [0.2, 0.25) is 0 Å². The Kier molecular flexibility index (Phi) is 5.41. The van der Waals surface area contributed by atoms with Gasteiger partial charge in [0.15, 0.2) is 0 Å². The molecular formula is C9H16ClNO. The standard InChI is InChI=1S/C9H16ClNO/c10-5-1-2-6-11-9-4-3-7-12-8-9/h1-2,9,11H,3-8H2/b2-1+. The smallest absolute Gasteiger partial charge is 0.0619 e. The fourth-order valence-corrected chi connectivity index (χ4v) is 1.41. The molecule has 1 fully saturated rings. The van der Waals surface area contributed by atoms with Gasteiger partial charge in [0.2, 0.25) is 0 Å². The lowest BCUT2D eigenvalue weighted by atomic mass is 10.1. The Bertz CT molecular complexity index is 132. The highest BCUT2D eigenvalue weighted by Crippen LogP contribution is 2.04. The van der Waals surface area contributed by atoms with Gasteiger partial charge in [0, 0.05) is 25.1 Å². The maximum Gasteiger partial charge on any atom is 0.0619 e. The minimum absolute atomic E-state index is 0.540. The van der Waals surface area contributed by atoms with Gasteiger partial charge in [-0.3, -0.25) is 0 Å². The Balaban J connectivity index is 2.01. The lowest BCUT2D eigenvalue weighted by Gasteiger charge is -2.22. The third-order valence-electron chi connectivity index (χ3n) is 1.94. The van der Waals surface area contributed by atoms with Gasteiger partial charge in [-0.25, -0.2) is 0 Å². The molecule has 0 amide bonds. The Morgan fingerprint density at radius 1 is 1.50 bits per heavy atom. The quantitative estimate of drug-likeness (QED) is 0.535. The van der Waals surface area contributed by atoms with E-state index in [1.54, 1.807) is 0 Å². The molecule has 0 aliphatic carbocycles. The third kappa shape index (κ3) is 4.10. The number of hydrogen-bond acceptors (Lipinski definition) is 2. The van der Waals surface area contributed by atoms with Crippen LogP contribution in [0.5, 0.6) is 0 Å². The summed E-state index contributed by atoms with van der Waals surface area (Å²) < 4.78 is 5.33. The molecule has 1 heterocycles. The summed E-state index contributed by atoms with van der Waals surface area (Å²) in [6.07, 6.45) is 6.42. The summed E-state index contributed by atoms with van der Waals surface area (Å²) in [6, 6.07) is 0.540. The molecule has 1 N–H and O–H groups in total. The van der Waals surface area contributed by atoms with E-state index in [1.165, 1.54) is 12.8 Å². The first-order chi connectivity index (χ1) is 5.93. The first kappa shape index (κ1) is 10.0. The summed E-state index contributed by atoms with van der Waals surface area (Å²) in [5.41, 5.74) is 0. The van der Waals surface area contributed by atoms with Crippen molar-refractivity contribution in [2.24, 2.45) is 0 Å². The van der Waals surface area contributed by atoms with E-state index < -0.39 is 0 Å². The molecule has 3 heteroatoms. The first-order valence-electron chi connectivity index (χ1n) is 4.45. The number of ether oxygens (including phenoxy) is 1. The minimum Gasteiger partial charge on any atom is -0.380 e. The number of alkyl halides is 1. The molecule has 0 spiro atoms. The molecule has 0 aromatic heterocycles. The third-order valence-corrected chi connectivity index (χ3v) is 2.12. The molecular weight excluding hydrogens is 174 g/mol. The van der Waals surface area contributed by atoms with Gasteiger partial charge < -0.3 is 10.1 Å². The van der Waals surface area contributed by atoms with Crippen LogP contribution in [0.25, 0.3) is 0 Å². The first-order valence-corrected chi connectivity index (χ1v) is 4.99. The van der Waals surface area contributed by atoms with Crippen LogP contribution in [0.15, 0.2) is 12.2 Å². The highest BCUT2D eigenvalue weighted by atomic mass is 35.5. The molecule has 1 saturated heterocycles. The average Bonchev–Trinajstić information content (AvgIpc) is 2.14. The van der Waals surface area contributed by atoms with E-state index >= 15 is 0 Å². The zero-order chi connectivity index (χ0) is 8.65. The maximum absolute atomic E-state index is 5.48. The van der Waals surface area contributed by atoms with Gasteiger partial charge in [-0.05, 0) is 12.8 Å². The molecule has 1 rings (SSSR count). The van der Waals surface area contributed by atoms with Crippen LogP contribution in [-0.2, 0) is 4.74 Å². The number of allylic oxidation sites excluding steroid dienone is 1. The van der Waals surface area contributed by atoms with E-state index in [1.807, 2.05) is 6.08 Å². The molecule has 12 heavy (non-hydrogen) atoms. The van der Waals surface area contributed by atoms with Gasteiger partial charge in [-0.15, -0.1) is 11.6 Å². The van der Waals surface area contributed by atoms with Crippen LogP contribution in [0, 0.1) is 0 Å². The number of nitrogens with one attached hydrogen (secondary N) is 1. The Hall–Kier alpha value is -0.0500. The summed E-state index contributed by atoms with van der Waals surface area (Å²) >= 11 is 5.48. The van der Waals surface area contributed by atoms with Crippen molar-refractivity contribution in [2.75, 3.05) is 25.6 Å². The van der Waals surface area contributed by atoms with Crippen molar-refractivity contribution in [2.45, 2.75) is 18.9 Å². The molecule has 0 aromatic rings. The molecule has 1 aliphatic rings. The molecule has 1 atom stereocenters. The summed E-state index contributed by atoms with van der Waals surface area (Å²) in [6.45, 7) is 2.69. The Morgan fingerprint density at radius 2 is 2.42 bits per heavy atom. The highest BCUT2D eigenvalue weighted by molar-refractivity contribution is 6.18. The Morgan fingerprint density at radius 3 is 3.08 bits per heavy atom. The van der Waals surface area contributed by atoms with E-state index in [0.717, 1.165) is 19.8 Å². The number of rotatable bonds is 4. The molecule has 0 bridgehead atoms. The zero-order valence-corrected chi connectivity index (χ0v) is 8.02. The second-order valence-electron chi connectivity index (χ2n) is 2.95. The second-order valence-corrected chi connectivity index (χ2v) is 3.26. The molecule has 1 aliphatic heterocycles. The summed E-state index contributed by atoms with van der Waals surface area (Å²) in [5.74, 6) is 0.600. The van der Waals surface area contributed by atoms with Gasteiger partial charge in [0.25, 0.3) is 0 Å². The van der Waals surface area contributed by atoms with E-state index in [0.29, 0.717) is 11.9 Å². The van der Waals surface area contributed by atoms with E-state index in [9.17, 15) is 0 Å². The van der Waals surface area contributed by atoms with Gasteiger partial charge in [-0.1, -0.05) is 12.2 Å². The zero-order valence-electron chi connectivity index (χ0n) is 7.26. The summed E-state index contributed by atoms with van der Waals surface area (Å²) in [5, 5.41) is 3.39. The fourth-order valence-electron chi connectivity index (χ4n) is 1.28. The fraction of sp³-hybridized carbons (Fsp3) is 0.778. The van der Waals surface area contributed by atoms with Crippen molar-refractivity contribution in [3.8, 4) is 0 Å². The predicted octanol–water partition coefficient (Wildman–Crippen LogP) is 1.55. The van der Waals surface area contributed by atoms with Crippen LogP contribution < -0.4 is 5.32 Å². The topological polar surface area (TPSA) is 21.3 Å². The molecule has 0 aromatic carbocycles. The largest absolute Gasteiger partial charge is 0.380 e. The monoisotopic (exact) mass is 189 g/mol. The summed E-state index contributed by atoms with van der Waals surface area (Å²) in [7, 11) is 0. The van der Waals surface area contributed by atoms with Crippen molar-refractivity contribution in [1.29, 1.82) is 0 Å². The van der Waals surface area contributed by atoms with Crippen LogP contribution in [0.3, 0.4) is 0 Å². The van der Waals surface area contributed by atoms with Crippen LogP contribution in [-0.4, -0.2) is 31.7 Å². The van der Waals surface area contributed by atoms with Gasteiger partial charge in [0.05, 0.1) is 6.61 Å². The number of halogens is 1. The molecule has 1 unspecified atom stereocenters. The van der Waals surface area contributed by atoms with Gasteiger partial charge in [0.1, 0.15) is 0 Å². The van der Waals surface area contributed by atoms with Gasteiger partial charge >= 0.3 is 0 Å². The highest BCUT2D eigenvalue weighted by Gasteiger charge is 2.11. The van der Waals surface area contributed by atoms with Crippen molar-refractivity contribution in [3.63, 3.8) is 0 Å². The average molecular weight is 190 g/mol. The molecule has 0 saturated carbocycles. The lowest BCUT2D eigenvalue weighted by Crippen LogP contribution is -2.36. The van der Waals surface area contributed by atoms with E-state index in [-0.39, 0.29) is 0 Å². The summed E-state index contributed by atoms with van der Waals surface area (Å²) in [4.78, 5) is 0. The maximum atomic E-state index is 5.48. The SMILES string of the molecule is ClC/C=C/CNC1CCCOC1. The van der Waals surface area contributed by atoms with Crippen molar-refractivity contribution in [1.82, 2.24) is 5.32 Å². The lowest BCUT2D eigenvalue weighted by molar-refractivity contribution is 0.0717. The minimum atomic E-state index is 0.540. The van der Waals surface area contributed by atoms with Crippen LogP contribution in [0.1, 0.15) is 12.8 Å². The van der Waals surface area contributed by atoms with Crippen molar-refractivity contribution >= 4 is 11.6 Å². The molecule has 0 radical (unpaired) electrons. The second kappa shape index (κ2) is 6.46. The molecule has 2 nitrogen and oxygen atoms in total. The van der Waals surface area contributed by atoms with Crippen LogP contribution >= 0.6 is 11.6 Å². The number of hydrogen-bond donors (Lipinski definition) is 1. The van der Waals surface area contributed by atoms with Crippen LogP contribution in [0.4, 0.5) is 0 Å². The Labute approximate surface area is 78.9 Å². The predicted molar refractivity (Wildman–Crippen MR) is 51.7 cm³/mol. The van der Waals surface area contributed by atoms with Crippen molar-refractivity contribution in [3.05, 3.63) is 12.2 Å². The molecule has 70 valence electrons.